The van der Waals surface area contributed by atoms with Gasteiger partial charge in [-0.25, -0.2) is 0 Å². The molecule has 114 valence electrons. The van der Waals surface area contributed by atoms with Gasteiger partial charge < -0.3 is 10.6 Å². The molecule has 1 saturated heterocycles. The first-order chi connectivity index (χ1) is 10.3. The lowest BCUT2D eigenvalue weighted by molar-refractivity contribution is -0.116. The van der Waals surface area contributed by atoms with E-state index in [0.717, 1.165) is 18.8 Å². The number of carbonyl (C=O) groups is 1. The first-order valence-corrected chi connectivity index (χ1v) is 8.14. The van der Waals surface area contributed by atoms with Gasteiger partial charge in [-0.2, -0.15) is 0 Å². The second-order valence-corrected chi connectivity index (χ2v) is 6.21. The number of likely N-dealkylation sites (tertiary alicyclic amines) is 1. The molecule has 2 aliphatic rings. The van der Waals surface area contributed by atoms with Crippen LogP contribution in [0.15, 0.2) is 24.3 Å². The normalized spacial score (nSPS) is 18.9. The zero-order valence-electron chi connectivity index (χ0n) is 12.6. The van der Waals surface area contributed by atoms with Crippen molar-refractivity contribution in [1.29, 1.82) is 0 Å². The fourth-order valence-corrected chi connectivity index (χ4v) is 2.79. The molecule has 1 aromatic carbocycles. The van der Waals surface area contributed by atoms with Crippen molar-refractivity contribution in [2.75, 3.05) is 25.0 Å². The van der Waals surface area contributed by atoms with Crippen LogP contribution in [0, 0.1) is 0 Å². The minimum atomic E-state index is 0.0930. The number of carbonyl (C=O) groups excluding carboxylic acids is 1. The Morgan fingerprint density at radius 3 is 2.52 bits per heavy atom. The van der Waals surface area contributed by atoms with Gasteiger partial charge in [0.1, 0.15) is 0 Å². The van der Waals surface area contributed by atoms with E-state index in [1.165, 1.54) is 44.3 Å². The molecule has 2 N–H and O–H groups in total. The average Bonchev–Trinajstić information content (AvgIpc) is 3.16. The molecule has 1 heterocycles. The summed E-state index contributed by atoms with van der Waals surface area (Å²) in [6.07, 6.45) is 5.72. The van der Waals surface area contributed by atoms with Gasteiger partial charge in [0.25, 0.3) is 0 Å². The zero-order chi connectivity index (χ0) is 14.5. The van der Waals surface area contributed by atoms with Crippen LogP contribution >= 0.6 is 0 Å². The van der Waals surface area contributed by atoms with E-state index in [1.54, 1.807) is 0 Å². The number of nitrogens with zero attached hydrogens (tertiary/aromatic N) is 1. The fraction of sp³-hybridized carbons (Fsp3) is 0.588. The number of nitrogens with one attached hydrogen (secondary N) is 2. The first-order valence-electron chi connectivity index (χ1n) is 8.14. The molecule has 21 heavy (non-hydrogen) atoms. The molecule has 1 aliphatic carbocycles. The van der Waals surface area contributed by atoms with Crippen molar-refractivity contribution in [3.63, 3.8) is 0 Å². The van der Waals surface area contributed by atoms with Crippen molar-refractivity contribution < 1.29 is 4.79 Å². The third kappa shape index (κ3) is 4.83. The minimum Gasteiger partial charge on any atom is -0.326 e. The quantitative estimate of drug-likeness (QED) is 0.809. The van der Waals surface area contributed by atoms with Crippen LogP contribution in [-0.4, -0.2) is 36.5 Å². The minimum absolute atomic E-state index is 0.0930. The molecular formula is C17H25N3O. The Kier molecular flexibility index (Phi) is 4.88. The SMILES string of the molecule is O=C(CCNC1CC1)Nc1ccc(CN2CCCC2)cc1. The molecular weight excluding hydrogens is 262 g/mol. The van der Waals surface area contributed by atoms with E-state index in [0.29, 0.717) is 12.5 Å². The smallest absolute Gasteiger partial charge is 0.225 e. The number of hydrogen-bond donors (Lipinski definition) is 2. The molecule has 0 aromatic heterocycles. The molecule has 0 spiro atoms. The van der Waals surface area contributed by atoms with E-state index >= 15 is 0 Å². The van der Waals surface area contributed by atoms with E-state index in [4.69, 9.17) is 0 Å². The summed E-state index contributed by atoms with van der Waals surface area (Å²) < 4.78 is 0. The lowest BCUT2D eigenvalue weighted by atomic mass is 10.2. The van der Waals surface area contributed by atoms with Crippen molar-refractivity contribution in [2.45, 2.75) is 44.7 Å². The Morgan fingerprint density at radius 2 is 1.86 bits per heavy atom. The van der Waals surface area contributed by atoms with Crippen LogP contribution in [0.5, 0.6) is 0 Å². The van der Waals surface area contributed by atoms with Crippen molar-refractivity contribution in [3.8, 4) is 0 Å². The van der Waals surface area contributed by atoms with E-state index in [-0.39, 0.29) is 5.91 Å². The molecule has 0 unspecified atom stereocenters. The molecule has 4 heteroatoms. The van der Waals surface area contributed by atoms with Crippen LogP contribution in [0.2, 0.25) is 0 Å². The Bertz CT molecular complexity index is 461. The maximum atomic E-state index is 11.8. The number of anilines is 1. The maximum absolute atomic E-state index is 11.8. The Morgan fingerprint density at radius 1 is 1.14 bits per heavy atom. The van der Waals surface area contributed by atoms with Crippen LogP contribution in [0.25, 0.3) is 0 Å². The molecule has 0 radical (unpaired) electrons. The van der Waals surface area contributed by atoms with Crippen molar-refractivity contribution >= 4 is 11.6 Å². The summed E-state index contributed by atoms with van der Waals surface area (Å²) in [7, 11) is 0. The Balaban J connectivity index is 1.41. The van der Waals surface area contributed by atoms with Crippen LogP contribution < -0.4 is 10.6 Å². The number of benzene rings is 1. The zero-order valence-corrected chi connectivity index (χ0v) is 12.6. The maximum Gasteiger partial charge on any atom is 0.225 e. The van der Waals surface area contributed by atoms with E-state index in [2.05, 4.69) is 27.7 Å². The molecule has 0 bridgehead atoms. The standard InChI is InChI=1S/C17H25N3O/c21-17(9-10-18-15-7-8-15)19-16-5-3-14(4-6-16)13-20-11-1-2-12-20/h3-6,15,18H,1-2,7-13H2,(H,19,21). The van der Waals surface area contributed by atoms with Gasteiger partial charge in [0.05, 0.1) is 0 Å². The molecule has 2 fully saturated rings. The van der Waals surface area contributed by atoms with E-state index < -0.39 is 0 Å². The summed E-state index contributed by atoms with van der Waals surface area (Å²) in [5.41, 5.74) is 2.22. The van der Waals surface area contributed by atoms with Crippen LogP contribution in [0.4, 0.5) is 5.69 Å². The van der Waals surface area contributed by atoms with Crippen molar-refractivity contribution in [3.05, 3.63) is 29.8 Å². The third-order valence-corrected chi connectivity index (χ3v) is 4.20. The highest BCUT2D eigenvalue weighted by molar-refractivity contribution is 5.90. The number of amides is 1. The molecule has 1 aliphatic heterocycles. The molecule has 1 aromatic rings. The summed E-state index contributed by atoms with van der Waals surface area (Å²) in [5, 5.41) is 6.32. The number of rotatable bonds is 7. The number of hydrogen-bond acceptors (Lipinski definition) is 3. The Hall–Kier alpha value is -1.39. The molecule has 1 amide bonds. The third-order valence-electron chi connectivity index (χ3n) is 4.20. The molecule has 1 saturated carbocycles. The van der Waals surface area contributed by atoms with Crippen molar-refractivity contribution in [1.82, 2.24) is 10.2 Å². The summed E-state index contributed by atoms with van der Waals surface area (Å²) in [6.45, 7) is 4.24. The largest absolute Gasteiger partial charge is 0.326 e. The van der Waals surface area contributed by atoms with Gasteiger partial charge in [-0.3, -0.25) is 9.69 Å². The monoisotopic (exact) mass is 287 g/mol. The van der Waals surface area contributed by atoms with Gasteiger partial charge in [0.15, 0.2) is 0 Å². The summed E-state index contributed by atoms with van der Waals surface area (Å²) in [6, 6.07) is 8.94. The summed E-state index contributed by atoms with van der Waals surface area (Å²) >= 11 is 0. The van der Waals surface area contributed by atoms with Gasteiger partial charge in [0, 0.05) is 31.2 Å². The summed E-state index contributed by atoms with van der Waals surface area (Å²) in [4.78, 5) is 14.3. The van der Waals surface area contributed by atoms with E-state index in [9.17, 15) is 4.79 Å². The van der Waals surface area contributed by atoms with Crippen LogP contribution in [0.1, 0.15) is 37.7 Å². The predicted octanol–water partition coefficient (Wildman–Crippen LogP) is 2.36. The van der Waals surface area contributed by atoms with Gasteiger partial charge in [0.2, 0.25) is 5.91 Å². The highest BCUT2D eigenvalue weighted by Gasteiger charge is 2.20. The highest BCUT2D eigenvalue weighted by atomic mass is 16.1. The molecule has 0 atom stereocenters. The first kappa shape index (κ1) is 14.5. The van der Waals surface area contributed by atoms with E-state index in [1.807, 2.05) is 12.1 Å². The van der Waals surface area contributed by atoms with Gasteiger partial charge in [-0.15, -0.1) is 0 Å². The highest BCUT2D eigenvalue weighted by Crippen LogP contribution is 2.18. The fourth-order valence-electron chi connectivity index (χ4n) is 2.79. The lowest BCUT2D eigenvalue weighted by Gasteiger charge is -2.14. The van der Waals surface area contributed by atoms with Gasteiger partial charge in [-0.05, 0) is 56.5 Å². The topological polar surface area (TPSA) is 44.4 Å². The van der Waals surface area contributed by atoms with Crippen LogP contribution in [0.3, 0.4) is 0 Å². The predicted molar refractivity (Wildman–Crippen MR) is 85.2 cm³/mol. The van der Waals surface area contributed by atoms with Crippen molar-refractivity contribution in [2.24, 2.45) is 0 Å². The summed E-state index contributed by atoms with van der Waals surface area (Å²) in [5.74, 6) is 0.0930. The molecule has 4 nitrogen and oxygen atoms in total. The van der Waals surface area contributed by atoms with Gasteiger partial charge in [-0.1, -0.05) is 12.1 Å². The average molecular weight is 287 g/mol. The lowest BCUT2D eigenvalue weighted by Crippen LogP contribution is -2.23. The second-order valence-electron chi connectivity index (χ2n) is 6.21. The second kappa shape index (κ2) is 7.05. The molecule has 3 rings (SSSR count). The van der Waals surface area contributed by atoms with Crippen LogP contribution in [-0.2, 0) is 11.3 Å². The van der Waals surface area contributed by atoms with Gasteiger partial charge >= 0.3 is 0 Å². The Labute approximate surface area is 126 Å².